The first-order chi connectivity index (χ1) is 9.21. The highest BCUT2D eigenvalue weighted by Crippen LogP contribution is 2.25. The largest absolute Gasteiger partial charge is 0.492 e. The molecular formula is C15H23ClN2O2. The van der Waals surface area contributed by atoms with E-state index in [1.807, 2.05) is 37.3 Å². The van der Waals surface area contributed by atoms with E-state index in [1.165, 1.54) is 0 Å². The van der Waals surface area contributed by atoms with E-state index >= 15 is 0 Å². The number of piperidine rings is 1. The summed E-state index contributed by atoms with van der Waals surface area (Å²) in [4.78, 5) is 12.1. The number of halogens is 1. The highest BCUT2D eigenvalue weighted by Gasteiger charge is 2.34. The Morgan fingerprint density at radius 2 is 2.15 bits per heavy atom. The average Bonchev–Trinajstić information content (AvgIpc) is 2.45. The number of carbonyl (C=O) groups excluding carboxylic acids is 1. The van der Waals surface area contributed by atoms with E-state index in [9.17, 15) is 4.79 Å². The topological polar surface area (TPSA) is 50.4 Å². The number of hydrogen-bond acceptors (Lipinski definition) is 3. The molecule has 1 atom stereocenters. The van der Waals surface area contributed by atoms with Gasteiger partial charge in [0.1, 0.15) is 12.4 Å². The number of carbonyl (C=O) groups is 1. The van der Waals surface area contributed by atoms with Gasteiger partial charge in [-0.1, -0.05) is 18.2 Å². The normalized spacial score (nSPS) is 21.6. The van der Waals surface area contributed by atoms with Gasteiger partial charge in [0, 0.05) is 6.54 Å². The molecule has 0 bridgehead atoms. The predicted octanol–water partition coefficient (Wildman–Crippen LogP) is 1.99. The van der Waals surface area contributed by atoms with Crippen LogP contribution in [0, 0.1) is 5.41 Å². The SMILES string of the molecule is CC1(C(=O)NCCOc2ccccc2)CCCNC1.Cl. The van der Waals surface area contributed by atoms with E-state index in [1.54, 1.807) is 0 Å². The van der Waals surface area contributed by atoms with Gasteiger partial charge in [0.2, 0.25) is 5.91 Å². The molecule has 1 fully saturated rings. The van der Waals surface area contributed by atoms with E-state index in [2.05, 4.69) is 10.6 Å². The summed E-state index contributed by atoms with van der Waals surface area (Å²) >= 11 is 0. The highest BCUT2D eigenvalue weighted by molar-refractivity contribution is 5.85. The second kappa shape index (κ2) is 8.12. The first-order valence-corrected chi connectivity index (χ1v) is 6.88. The summed E-state index contributed by atoms with van der Waals surface area (Å²) in [6, 6.07) is 9.64. The third-order valence-electron chi connectivity index (χ3n) is 3.55. The van der Waals surface area contributed by atoms with Crippen molar-refractivity contribution in [1.82, 2.24) is 10.6 Å². The lowest BCUT2D eigenvalue weighted by atomic mass is 9.82. The van der Waals surface area contributed by atoms with Crippen molar-refractivity contribution in [3.8, 4) is 5.75 Å². The fraction of sp³-hybridized carbons (Fsp3) is 0.533. The molecule has 1 heterocycles. The molecule has 0 spiro atoms. The quantitative estimate of drug-likeness (QED) is 0.818. The summed E-state index contributed by atoms with van der Waals surface area (Å²) in [5.41, 5.74) is -0.273. The zero-order valence-electron chi connectivity index (χ0n) is 11.9. The van der Waals surface area contributed by atoms with Gasteiger partial charge in [-0.3, -0.25) is 4.79 Å². The zero-order valence-corrected chi connectivity index (χ0v) is 12.7. The lowest BCUT2D eigenvalue weighted by Crippen LogP contribution is -2.49. The van der Waals surface area contributed by atoms with Crippen molar-refractivity contribution in [3.05, 3.63) is 30.3 Å². The van der Waals surface area contributed by atoms with Gasteiger partial charge in [-0.25, -0.2) is 0 Å². The van der Waals surface area contributed by atoms with E-state index in [-0.39, 0.29) is 23.7 Å². The first-order valence-electron chi connectivity index (χ1n) is 6.88. The van der Waals surface area contributed by atoms with Crippen LogP contribution in [0.4, 0.5) is 0 Å². The number of para-hydroxylation sites is 1. The first kappa shape index (κ1) is 16.8. The molecule has 0 saturated carbocycles. The summed E-state index contributed by atoms with van der Waals surface area (Å²) in [6.07, 6.45) is 2.01. The standard InChI is InChI=1S/C15H22N2O2.ClH/c1-15(8-5-9-16-12-15)14(18)17-10-11-19-13-6-3-2-4-7-13;/h2-4,6-7,16H,5,8-12H2,1H3,(H,17,18);1H. The Bertz CT molecular complexity index is 406. The van der Waals surface area contributed by atoms with Crippen molar-refractivity contribution in [2.24, 2.45) is 5.41 Å². The van der Waals surface area contributed by atoms with Gasteiger partial charge in [-0.05, 0) is 38.4 Å². The molecule has 1 saturated heterocycles. The molecule has 0 radical (unpaired) electrons. The van der Waals surface area contributed by atoms with Crippen molar-refractivity contribution in [2.45, 2.75) is 19.8 Å². The number of nitrogens with one attached hydrogen (secondary N) is 2. The Morgan fingerprint density at radius 3 is 2.80 bits per heavy atom. The van der Waals surface area contributed by atoms with Crippen LogP contribution in [0.15, 0.2) is 30.3 Å². The molecule has 112 valence electrons. The summed E-state index contributed by atoms with van der Waals surface area (Å²) in [5, 5.41) is 6.24. The van der Waals surface area contributed by atoms with Crippen LogP contribution < -0.4 is 15.4 Å². The monoisotopic (exact) mass is 298 g/mol. The van der Waals surface area contributed by atoms with Crippen molar-refractivity contribution in [2.75, 3.05) is 26.2 Å². The minimum Gasteiger partial charge on any atom is -0.492 e. The van der Waals surface area contributed by atoms with E-state index in [0.717, 1.165) is 31.7 Å². The fourth-order valence-corrected chi connectivity index (χ4v) is 2.31. The van der Waals surface area contributed by atoms with Gasteiger partial charge < -0.3 is 15.4 Å². The third kappa shape index (κ3) is 4.69. The van der Waals surface area contributed by atoms with Gasteiger partial charge in [-0.15, -0.1) is 12.4 Å². The van der Waals surface area contributed by atoms with Gasteiger partial charge in [-0.2, -0.15) is 0 Å². The van der Waals surface area contributed by atoms with Crippen LogP contribution in [-0.4, -0.2) is 32.1 Å². The molecule has 20 heavy (non-hydrogen) atoms. The van der Waals surface area contributed by atoms with Crippen LogP contribution in [0.25, 0.3) is 0 Å². The van der Waals surface area contributed by atoms with Crippen LogP contribution in [0.2, 0.25) is 0 Å². The van der Waals surface area contributed by atoms with Crippen LogP contribution in [0.3, 0.4) is 0 Å². The highest BCUT2D eigenvalue weighted by atomic mass is 35.5. The van der Waals surface area contributed by atoms with Gasteiger partial charge in [0.25, 0.3) is 0 Å². The summed E-state index contributed by atoms with van der Waals surface area (Å²) in [5.74, 6) is 0.957. The second-order valence-electron chi connectivity index (χ2n) is 5.26. The molecule has 2 N–H and O–H groups in total. The lowest BCUT2D eigenvalue weighted by Gasteiger charge is -2.32. The minimum absolute atomic E-state index is 0. The maximum Gasteiger partial charge on any atom is 0.227 e. The Hall–Kier alpha value is -1.26. The maximum atomic E-state index is 12.1. The summed E-state index contributed by atoms with van der Waals surface area (Å²) < 4.78 is 5.55. The van der Waals surface area contributed by atoms with Crippen LogP contribution >= 0.6 is 12.4 Å². The summed E-state index contributed by atoms with van der Waals surface area (Å²) in [6.45, 7) is 4.84. The van der Waals surface area contributed by atoms with Crippen LogP contribution in [0.1, 0.15) is 19.8 Å². The van der Waals surface area contributed by atoms with Crippen LogP contribution in [0.5, 0.6) is 5.75 Å². The Morgan fingerprint density at radius 1 is 1.40 bits per heavy atom. The molecule has 1 unspecified atom stereocenters. The molecule has 1 aliphatic heterocycles. The minimum atomic E-state index is -0.273. The number of rotatable bonds is 5. The molecule has 1 amide bonds. The van der Waals surface area contributed by atoms with Crippen molar-refractivity contribution >= 4 is 18.3 Å². The Balaban J connectivity index is 0.00000200. The van der Waals surface area contributed by atoms with Gasteiger partial charge >= 0.3 is 0 Å². The Labute approximate surface area is 126 Å². The number of amides is 1. The number of benzene rings is 1. The Kier molecular flexibility index (Phi) is 6.82. The molecular weight excluding hydrogens is 276 g/mol. The molecule has 0 aliphatic carbocycles. The van der Waals surface area contributed by atoms with Crippen molar-refractivity contribution in [1.29, 1.82) is 0 Å². The molecule has 5 heteroatoms. The summed E-state index contributed by atoms with van der Waals surface area (Å²) in [7, 11) is 0. The van der Waals surface area contributed by atoms with Crippen LogP contribution in [-0.2, 0) is 4.79 Å². The molecule has 4 nitrogen and oxygen atoms in total. The predicted molar refractivity (Wildman–Crippen MR) is 82.4 cm³/mol. The third-order valence-corrected chi connectivity index (χ3v) is 3.55. The lowest BCUT2D eigenvalue weighted by molar-refractivity contribution is -0.131. The van der Waals surface area contributed by atoms with E-state index in [4.69, 9.17) is 4.74 Å². The van der Waals surface area contributed by atoms with Crippen molar-refractivity contribution in [3.63, 3.8) is 0 Å². The van der Waals surface area contributed by atoms with E-state index in [0.29, 0.717) is 13.2 Å². The van der Waals surface area contributed by atoms with E-state index < -0.39 is 0 Å². The maximum absolute atomic E-state index is 12.1. The van der Waals surface area contributed by atoms with Gasteiger partial charge in [0.15, 0.2) is 0 Å². The number of hydrogen-bond donors (Lipinski definition) is 2. The average molecular weight is 299 g/mol. The molecule has 1 aromatic carbocycles. The molecule has 1 aromatic rings. The molecule has 1 aliphatic rings. The van der Waals surface area contributed by atoms with Gasteiger partial charge in [0.05, 0.1) is 12.0 Å². The fourth-order valence-electron chi connectivity index (χ4n) is 2.31. The smallest absolute Gasteiger partial charge is 0.227 e. The number of ether oxygens (including phenoxy) is 1. The molecule has 2 rings (SSSR count). The molecule has 0 aromatic heterocycles. The van der Waals surface area contributed by atoms with Crippen molar-refractivity contribution < 1.29 is 9.53 Å². The second-order valence-corrected chi connectivity index (χ2v) is 5.26. The zero-order chi connectivity index (χ0) is 13.6.